The number of fused-ring (bicyclic) bond motifs is 1. The molecule has 1 aromatic rings. The van der Waals surface area contributed by atoms with Crippen LogP contribution in [0.5, 0.6) is 0 Å². The summed E-state index contributed by atoms with van der Waals surface area (Å²) in [7, 11) is 4.21. The Labute approximate surface area is 158 Å². The maximum Gasteiger partial charge on any atom is 0.115 e. The van der Waals surface area contributed by atoms with Gasteiger partial charge in [0.25, 0.3) is 0 Å². The number of nitrogens with two attached hydrogens (primary N) is 1. The van der Waals surface area contributed by atoms with Crippen molar-refractivity contribution >= 4 is 0 Å². The molecule has 1 fully saturated rings. The molecule has 2 aliphatic rings. The largest absolute Gasteiger partial charge is 0.494 e. The van der Waals surface area contributed by atoms with E-state index >= 15 is 0 Å². The molecule has 0 aliphatic heterocycles. The normalized spacial score (nSPS) is 28.7. The van der Waals surface area contributed by atoms with Crippen molar-refractivity contribution in [3.05, 3.63) is 58.9 Å². The third-order valence-corrected chi connectivity index (χ3v) is 6.11. The Kier molecular flexibility index (Phi) is 5.59. The summed E-state index contributed by atoms with van der Waals surface area (Å²) in [5.41, 5.74) is 10.4. The van der Waals surface area contributed by atoms with E-state index < -0.39 is 0 Å². The Morgan fingerprint density at radius 3 is 2.81 bits per heavy atom. The van der Waals surface area contributed by atoms with Crippen LogP contribution in [0.3, 0.4) is 0 Å². The highest BCUT2D eigenvalue weighted by molar-refractivity contribution is 5.46. The van der Waals surface area contributed by atoms with E-state index in [0.717, 1.165) is 31.8 Å². The maximum absolute atomic E-state index is 6.13. The van der Waals surface area contributed by atoms with E-state index in [4.69, 9.17) is 10.5 Å². The van der Waals surface area contributed by atoms with Crippen molar-refractivity contribution in [1.29, 1.82) is 0 Å². The molecular weight excluding hydrogens is 320 g/mol. The Morgan fingerprint density at radius 1 is 1.35 bits per heavy atom. The quantitative estimate of drug-likeness (QED) is 0.737. The van der Waals surface area contributed by atoms with E-state index in [2.05, 4.69) is 76.2 Å². The molecule has 0 spiro atoms. The Bertz CT molecular complexity index is 704. The lowest BCUT2D eigenvalue weighted by Crippen LogP contribution is -2.14. The van der Waals surface area contributed by atoms with Crippen LogP contribution in [0.4, 0.5) is 0 Å². The van der Waals surface area contributed by atoms with Crippen molar-refractivity contribution in [3.8, 4) is 0 Å². The van der Waals surface area contributed by atoms with Gasteiger partial charge in [0.15, 0.2) is 0 Å². The number of hydrogen-bond acceptors (Lipinski definition) is 3. The molecule has 3 nitrogen and oxygen atoms in total. The van der Waals surface area contributed by atoms with Crippen molar-refractivity contribution in [1.82, 2.24) is 4.90 Å². The first-order valence-electron chi connectivity index (χ1n) is 9.87. The third-order valence-electron chi connectivity index (χ3n) is 6.11. The summed E-state index contributed by atoms with van der Waals surface area (Å²) < 4.78 is 6.11. The van der Waals surface area contributed by atoms with Gasteiger partial charge in [-0.05, 0) is 75.9 Å². The van der Waals surface area contributed by atoms with Gasteiger partial charge in [-0.25, -0.2) is 0 Å². The number of hydrogen-bond donors (Lipinski definition) is 1. The standard InChI is InChI=1S/C23H34N2O/c1-16-12-21(26-11-7-10-25(4)5)14-22-17(2)23(22,15-16)20-9-6-8-19(13-20)18(3)24/h6,8-9,12-14,17-18,22H,7,10-11,15,24H2,1-5H3. The molecule has 4 unspecified atom stereocenters. The van der Waals surface area contributed by atoms with Gasteiger partial charge >= 0.3 is 0 Å². The van der Waals surface area contributed by atoms with Crippen molar-refractivity contribution in [2.75, 3.05) is 27.2 Å². The molecular formula is C23H34N2O. The minimum atomic E-state index is 0.0763. The number of rotatable bonds is 7. The molecule has 3 heteroatoms. The summed E-state index contributed by atoms with van der Waals surface area (Å²) in [6.07, 6.45) is 6.77. The lowest BCUT2D eigenvalue weighted by Gasteiger charge is -2.20. The van der Waals surface area contributed by atoms with Gasteiger partial charge in [-0.2, -0.15) is 0 Å². The molecule has 26 heavy (non-hydrogen) atoms. The second-order valence-corrected chi connectivity index (χ2v) is 8.51. The molecule has 0 heterocycles. The van der Waals surface area contributed by atoms with Gasteiger partial charge in [0, 0.05) is 18.0 Å². The van der Waals surface area contributed by atoms with E-state index in [1.54, 1.807) is 0 Å². The van der Waals surface area contributed by atoms with E-state index in [0.29, 0.717) is 11.8 Å². The maximum atomic E-state index is 6.13. The van der Waals surface area contributed by atoms with Crippen LogP contribution in [-0.4, -0.2) is 32.1 Å². The van der Waals surface area contributed by atoms with Crippen molar-refractivity contribution in [3.63, 3.8) is 0 Å². The zero-order valence-electron chi connectivity index (χ0n) is 17.0. The van der Waals surface area contributed by atoms with Crippen LogP contribution >= 0.6 is 0 Å². The van der Waals surface area contributed by atoms with Crippen molar-refractivity contribution in [2.24, 2.45) is 17.6 Å². The molecule has 0 bridgehead atoms. The van der Waals surface area contributed by atoms with Crippen molar-refractivity contribution < 1.29 is 4.74 Å². The molecule has 3 rings (SSSR count). The van der Waals surface area contributed by atoms with Crippen LogP contribution in [0, 0.1) is 11.8 Å². The summed E-state index contributed by atoms with van der Waals surface area (Å²) in [5.74, 6) is 2.24. The SMILES string of the molecule is CC1=CC(OCCCN(C)C)=CC2C(C)C2(c2cccc(C(C)N)c2)C1. The zero-order chi connectivity index (χ0) is 18.9. The van der Waals surface area contributed by atoms with Crippen LogP contribution in [-0.2, 0) is 10.2 Å². The monoisotopic (exact) mass is 354 g/mol. The minimum absolute atomic E-state index is 0.0763. The van der Waals surface area contributed by atoms with Gasteiger partial charge in [0.2, 0.25) is 0 Å². The summed E-state index contributed by atoms with van der Waals surface area (Å²) in [5, 5.41) is 0. The lowest BCUT2D eigenvalue weighted by atomic mass is 9.85. The van der Waals surface area contributed by atoms with Crippen LogP contribution in [0.25, 0.3) is 0 Å². The zero-order valence-corrected chi connectivity index (χ0v) is 17.0. The topological polar surface area (TPSA) is 38.5 Å². The van der Waals surface area contributed by atoms with Gasteiger partial charge in [0.05, 0.1) is 6.61 Å². The fourth-order valence-corrected chi connectivity index (χ4v) is 4.55. The number of allylic oxidation sites excluding steroid dienone is 3. The smallest absolute Gasteiger partial charge is 0.115 e. The van der Waals surface area contributed by atoms with Crippen molar-refractivity contribution in [2.45, 2.75) is 45.1 Å². The molecule has 4 atom stereocenters. The molecule has 0 radical (unpaired) electrons. The van der Waals surface area contributed by atoms with Gasteiger partial charge in [-0.15, -0.1) is 0 Å². The second kappa shape index (κ2) is 7.58. The fourth-order valence-electron chi connectivity index (χ4n) is 4.55. The average Bonchev–Trinajstić information content (AvgIpc) is 3.18. The molecule has 0 amide bonds. The van der Waals surface area contributed by atoms with E-state index in [1.165, 1.54) is 16.7 Å². The third kappa shape index (κ3) is 3.74. The first-order valence-corrected chi connectivity index (χ1v) is 9.87. The number of benzene rings is 1. The number of ether oxygens (including phenoxy) is 1. The van der Waals surface area contributed by atoms with Gasteiger partial charge in [-0.1, -0.05) is 36.8 Å². The van der Waals surface area contributed by atoms with Crippen LogP contribution in [0.15, 0.2) is 47.7 Å². The fraction of sp³-hybridized carbons (Fsp3) is 0.565. The summed E-state index contributed by atoms with van der Waals surface area (Å²) >= 11 is 0. The predicted molar refractivity (Wildman–Crippen MR) is 109 cm³/mol. The second-order valence-electron chi connectivity index (χ2n) is 8.51. The Balaban J connectivity index is 1.79. The molecule has 1 saturated carbocycles. The van der Waals surface area contributed by atoms with Crippen LogP contribution < -0.4 is 5.73 Å². The number of nitrogens with zero attached hydrogens (tertiary/aromatic N) is 1. The molecule has 0 aromatic heterocycles. The Hall–Kier alpha value is -1.58. The molecule has 2 N–H and O–H groups in total. The van der Waals surface area contributed by atoms with Gasteiger partial charge in [0.1, 0.15) is 5.76 Å². The highest BCUT2D eigenvalue weighted by Crippen LogP contribution is 2.65. The van der Waals surface area contributed by atoms with Crippen LogP contribution in [0.2, 0.25) is 0 Å². The van der Waals surface area contributed by atoms with Gasteiger partial charge < -0.3 is 15.4 Å². The summed E-state index contributed by atoms with van der Waals surface area (Å²) in [6.45, 7) is 8.51. The first kappa shape index (κ1) is 19.2. The minimum Gasteiger partial charge on any atom is -0.494 e. The molecule has 1 aromatic carbocycles. The van der Waals surface area contributed by atoms with E-state index in [1.807, 2.05) is 0 Å². The first-order chi connectivity index (χ1) is 12.3. The van der Waals surface area contributed by atoms with Crippen LogP contribution in [0.1, 0.15) is 50.8 Å². The highest BCUT2D eigenvalue weighted by Gasteiger charge is 2.62. The lowest BCUT2D eigenvalue weighted by molar-refractivity contribution is 0.205. The molecule has 142 valence electrons. The predicted octanol–water partition coefficient (Wildman–Crippen LogP) is 4.41. The summed E-state index contributed by atoms with van der Waals surface area (Å²) in [4.78, 5) is 2.20. The Morgan fingerprint density at radius 2 is 2.12 bits per heavy atom. The molecule has 2 aliphatic carbocycles. The average molecular weight is 355 g/mol. The van der Waals surface area contributed by atoms with E-state index in [-0.39, 0.29) is 11.5 Å². The summed E-state index contributed by atoms with van der Waals surface area (Å²) in [6, 6.07) is 8.99. The highest BCUT2D eigenvalue weighted by atomic mass is 16.5. The molecule has 0 saturated heterocycles. The van der Waals surface area contributed by atoms with E-state index in [9.17, 15) is 0 Å². The van der Waals surface area contributed by atoms with Gasteiger partial charge in [-0.3, -0.25) is 0 Å².